The Morgan fingerprint density at radius 3 is 1.12 bits per heavy atom. The van der Waals surface area contributed by atoms with Crippen molar-refractivity contribution < 1.29 is 38.4 Å². The molecule has 0 aromatic rings. The number of ether oxygens (including phenoxy) is 4. The Bertz CT molecular complexity index is 1230. The molecule has 0 aromatic heterocycles. The second-order valence-electron chi connectivity index (χ2n) is 20.0. The summed E-state index contributed by atoms with van der Waals surface area (Å²) >= 11 is 0. The van der Waals surface area contributed by atoms with Gasteiger partial charge in [0.15, 0.2) is 12.2 Å². The first kappa shape index (κ1) is 63.6. The smallest absolute Gasteiger partial charge is 0.306 e. The van der Waals surface area contributed by atoms with Crippen LogP contribution in [0.2, 0.25) is 0 Å². The van der Waals surface area contributed by atoms with Gasteiger partial charge < -0.3 is 24.1 Å². The molecule has 4 atom stereocenters. The number of hydrogen-bond acceptors (Lipinski definition) is 8. The van der Waals surface area contributed by atoms with Gasteiger partial charge in [-0.1, -0.05) is 211 Å². The topological polar surface area (TPSA) is 108 Å². The normalized spacial score (nSPS) is 16.7. The zero-order valence-corrected chi connectivity index (χ0v) is 44.7. The first-order valence-electron chi connectivity index (χ1n) is 29.2. The number of hydrogen-bond donors (Lipinski definition) is 1. The second kappa shape index (κ2) is 49.5. The van der Waals surface area contributed by atoms with Crippen LogP contribution in [0, 0.1) is 0 Å². The third-order valence-corrected chi connectivity index (χ3v) is 13.4. The Morgan fingerprint density at radius 1 is 0.441 bits per heavy atom. The summed E-state index contributed by atoms with van der Waals surface area (Å²) in [5.41, 5.74) is 0. The van der Waals surface area contributed by atoms with Crippen molar-refractivity contribution in [2.75, 3.05) is 13.2 Å². The summed E-state index contributed by atoms with van der Waals surface area (Å²) in [6.45, 7) is 6.56. The fraction of sp³-hybridized carbons (Fsp3) is 0.850. The van der Waals surface area contributed by atoms with Crippen LogP contribution < -0.4 is 0 Å². The molecular formula is C60H108O8. The maximum absolute atomic E-state index is 13.1. The summed E-state index contributed by atoms with van der Waals surface area (Å²) in [6.07, 6.45) is 56.8. The number of unbranched alkanes of at least 4 members (excludes halogenated alkanes) is 33. The maximum Gasteiger partial charge on any atom is 0.306 e. The van der Waals surface area contributed by atoms with Crippen molar-refractivity contribution in [1.29, 1.82) is 0 Å². The van der Waals surface area contributed by atoms with Gasteiger partial charge in [-0.2, -0.15) is 0 Å². The minimum Gasteiger partial charge on any atom is -0.462 e. The van der Waals surface area contributed by atoms with Crippen LogP contribution >= 0.6 is 0 Å². The molecule has 0 radical (unpaired) electrons. The first-order chi connectivity index (χ1) is 33.4. The summed E-state index contributed by atoms with van der Waals surface area (Å²) in [5.74, 6) is -1.11. The Kier molecular flexibility index (Phi) is 46.3. The highest BCUT2D eigenvalue weighted by Crippen LogP contribution is 2.25. The number of carbonyl (C=O) groups is 3. The third-order valence-electron chi connectivity index (χ3n) is 13.4. The number of carbonyl (C=O) groups excluding carboxylic acids is 3. The fourth-order valence-corrected chi connectivity index (χ4v) is 8.96. The van der Waals surface area contributed by atoms with E-state index in [1.807, 2.05) is 0 Å². The summed E-state index contributed by atoms with van der Waals surface area (Å²) in [5, 5.41) is 11.3. The van der Waals surface area contributed by atoms with Crippen LogP contribution in [0.15, 0.2) is 36.5 Å². The average molecular weight is 958 g/mol. The van der Waals surface area contributed by atoms with Crippen molar-refractivity contribution in [3.63, 3.8) is 0 Å². The lowest BCUT2D eigenvalue weighted by Gasteiger charge is -2.26. The Labute approximate surface area is 419 Å². The van der Waals surface area contributed by atoms with Crippen LogP contribution in [0.5, 0.6) is 0 Å². The molecule has 0 unspecified atom stereocenters. The van der Waals surface area contributed by atoms with Gasteiger partial charge in [0.25, 0.3) is 0 Å². The predicted molar refractivity (Wildman–Crippen MR) is 285 cm³/mol. The molecule has 1 aliphatic heterocycles. The highest BCUT2D eigenvalue weighted by Gasteiger charge is 2.45. The van der Waals surface area contributed by atoms with Crippen molar-refractivity contribution in [2.45, 2.75) is 315 Å². The lowest BCUT2D eigenvalue weighted by Crippen LogP contribution is -2.44. The van der Waals surface area contributed by atoms with Crippen LogP contribution in [0.4, 0.5) is 0 Å². The molecule has 0 amide bonds. The molecule has 0 spiro atoms. The second-order valence-corrected chi connectivity index (χ2v) is 20.0. The van der Waals surface area contributed by atoms with Crippen molar-refractivity contribution in [2.24, 2.45) is 0 Å². The molecule has 68 heavy (non-hydrogen) atoms. The number of aliphatic hydroxyl groups excluding tert-OH is 1. The van der Waals surface area contributed by atoms with Gasteiger partial charge in [0.1, 0.15) is 18.8 Å². The number of rotatable bonds is 50. The Balaban J connectivity index is 2.44. The molecule has 8 heteroatoms. The molecule has 1 rings (SSSR count). The summed E-state index contributed by atoms with van der Waals surface area (Å²) in [6, 6.07) is 0. The van der Waals surface area contributed by atoms with Gasteiger partial charge in [0, 0.05) is 19.3 Å². The molecule has 0 bridgehead atoms. The predicted octanol–water partition coefficient (Wildman–Crippen LogP) is 17.2. The summed E-state index contributed by atoms with van der Waals surface area (Å²) < 4.78 is 23.1. The third kappa shape index (κ3) is 40.3. The van der Waals surface area contributed by atoms with Gasteiger partial charge in [0.05, 0.1) is 6.61 Å². The van der Waals surface area contributed by atoms with E-state index in [1.54, 1.807) is 0 Å². The van der Waals surface area contributed by atoms with E-state index in [0.717, 1.165) is 96.3 Å². The van der Waals surface area contributed by atoms with E-state index in [-0.39, 0.29) is 38.0 Å². The van der Waals surface area contributed by atoms with E-state index in [4.69, 9.17) is 18.9 Å². The molecule has 1 saturated heterocycles. The van der Waals surface area contributed by atoms with Crippen LogP contribution in [-0.4, -0.2) is 60.6 Å². The molecule has 0 aliphatic carbocycles. The zero-order valence-electron chi connectivity index (χ0n) is 44.7. The zero-order chi connectivity index (χ0) is 49.2. The molecule has 1 heterocycles. The maximum atomic E-state index is 13.1. The van der Waals surface area contributed by atoms with Gasteiger partial charge in [-0.05, 0) is 96.3 Å². The SMILES string of the molecule is CCCCCCCC/C=C\CCCCCCCC(=O)OC[C@@H](OC(=O)CCCCCCC/C=C\CCCCCCCC)[C@H]1OC[C@H](OC(=O)CCCCCCC/C=C\CCCCCCCC)[C@H]1O. The lowest BCUT2D eigenvalue weighted by molar-refractivity contribution is -0.171. The van der Waals surface area contributed by atoms with E-state index in [9.17, 15) is 19.5 Å². The van der Waals surface area contributed by atoms with Crippen LogP contribution in [0.25, 0.3) is 0 Å². The lowest BCUT2D eigenvalue weighted by atomic mass is 10.1. The van der Waals surface area contributed by atoms with Gasteiger partial charge in [0.2, 0.25) is 0 Å². The van der Waals surface area contributed by atoms with Gasteiger partial charge in [-0.25, -0.2) is 0 Å². The van der Waals surface area contributed by atoms with E-state index in [0.29, 0.717) is 12.8 Å². The van der Waals surface area contributed by atoms with E-state index >= 15 is 0 Å². The van der Waals surface area contributed by atoms with Crippen molar-refractivity contribution >= 4 is 17.9 Å². The molecule has 396 valence electrons. The van der Waals surface area contributed by atoms with Gasteiger partial charge in [-0.3, -0.25) is 14.4 Å². The Morgan fingerprint density at radius 2 is 0.750 bits per heavy atom. The minimum absolute atomic E-state index is 0.00486. The largest absolute Gasteiger partial charge is 0.462 e. The number of allylic oxidation sites excluding steroid dienone is 6. The van der Waals surface area contributed by atoms with Crippen molar-refractivity contribution in [1.82, 2.24) is 0 Å². The summed E-state index contributed by atoms with van der Waals surface area (Å²) in [4.78, 5) is 38.7. The fourth-order valence-electron chi connectivity index (χ4n) is 8.96. The standard InChI is InChI=1S/C60H108O8/c1-4-7-10-13-16-19-22-25-28-31-34-37-40-43-46-49-56(61)65-53-55(68-58(63)51-48-45-42-39-36-33-30-27-24-21-18-15-12-9-6-3)60-59(64)54(52-66-60)67-57(62)50-47-44-41-38-35-32-29-26-23-20-17-14-11-8-5-2/h25-30,54-55,59-60,64H,4-24,31-53H2,1-3H3/b28-25-,29-26-,30-27-/t54-,55+,59+,60+/m0/s1. The van der Waals surface area contributed by atoms with Crippen molar-refractivity contribution in [3.8, 4) is 0 Å². The molecule has 1 N–H and O–H groups in total. The molecule has 8 nitrogen and oxygen atoms in total. The van der Waals surface area contributed by atoms with Crippen LogP contribution in [0.1, 0.15) is 290 Å². The van der Waals surface area contributed by atoms with E-state index < -0.39 is 30.4 Å². The molecule has 1 aliphatic rings. The highest BCUT2D eigenvalue weighted by molar-refractivity contribution is 5.70. The van der Waals surface area contributed by atoms with E-state index in [1.165, 1.54) is 148 Å². The van der Waals surface area contributed by atoms with Crippen LogP contribution in [0.3, 0.4) is 0 Å². The minimum atomic E-state index is -1.20. The highest BCUT2D eigenvalue weighted by atomic mass is 16.6. The molecule has 1 fully saturated rings. The first-order valence-corrected chi connectivity index (χ1v) is 29.2. The van der Waals surface area contributed by atoms with Gasteiger partial charge >= 0.3 is 17.9 Å². The molecule has 0 saturated carbocycles. The monoisotopic (exact) mass is 957 g/mol. The van der Waals surface area contributed by atoms with E-state index in [2.05, 4.69) is 57.2 Å². The van der Waals surface area contributed by atoms with Crippen molar-refractivity contribution in [3.05, 3.63) is 36.5 Å². The summed E-state index contributed by atoms with van der Waals surface area (Å²) in [7, 11) is 0. The quantitative estimate of drug-likeness (QED) is 0.0278. The van der Waals surface area contributed by atoms with Gasteiger partial charge in [-0.15, -0.1) is 0 Å². The molecular weight excluding hydrogens is 849 g/mol. The molecule has 0 aromatic carbocycles. The number of esters is 3. The Hall–Kier alpha value is -2.45. The van der Waals surface area contributed by atoms with Crippen LogP contribution in [-0.2, 0) is 33.3 Å². The number of aliphatic hydroxyl groups is 1. The average Bonchev–Trinajstić information content (AvgIpc) is 3.69.